The topological polar surface area (TPSA) is 26.3 Å². The van der Waals surface area contributed by atoms with Crippen LogP contribution in [0.4, 0.5) is 4.39 Å². The van der Waals surface area contributed by atoms with Crippen LogP contribution in [-0.2, 0) is 6.61 Å². The normalized spacial score (nSPS) is 10.1. The van der Waals surface area contributed by atoms with Gasteiger partial charge in [0.25, 0.3) is 0 Å². The number of hydrogen-bond donors (Lipinski definition) is 0. The lowest BCUT2D eigenvalue weighted by Crippen LogP contribution is -1.97. The first-order valence-electron chi connectivity index (χ1n) is 5.31. The third-order valence-electron chi connectivity index (χ3n) is 2.43. The van der Waals surface area contributed by atoms with Gasteiger partial charge in [-0.1, -0.05) is 22.0 Å². The second-order valence-corrected chi connectivity index (χ2v) is 4.57. The summed E-state index contributed by atoms with van der Waals surface area (Å²) in [4.78, 5) is 10.5. The summed E-state index contributed by atoms with van der Waals surface area (Å²) in [5, 5.41) is 0. The number of benzene rings is 2. The average Bonchev–Trinajstić information content (AvgIpc) is 2.38. The lowest BCUT2D eigenvalue weighted by molar-refractivity contribution is 0.112. The Morgan fingerprint density at radius 1 is 1.17 bits per heavy atom. The van der Waals surface area contributed by atoms with E-state index in [1.54, 1.807) is 30.3 Å². The van der Waals surface area contributed by atoms with Crippen LogP contribution in [0.2, 0.25) is 0 Å². The van der Waals surface area contributed by atoms with E-state index in [2.05, 4.69) is 15.9 Å². The zero-order chi connectivity index (χ0) is 13.0. The Morgan fingerprint density at radius 2 is 1.89 bits per heavy atom. The maximum Gasteiger partial charge on any atom is 0.150 e. The fraction of sp³-hybridized carbons (Fsp3) is 0.0714. The van der Waals surface area contributed by atoms with E-state index in [4.69, 9.17) is 4.74 Å². The van der Waals surface area contributed by atoms with Crippen molar-refractivity contribution < 1.29 is 13.9 Å². The predicted octanol–water partition coefficient (Wildman–Crippen LogP) is 3.98. The van der Waals surface area contributed by atoms with Crippen LogP contribution in [-0.4, -0.2) is 6.29 Å². The highest BCUT2D eigenvalue weighted by molar-refractivity contribution is 9.10. The number of aldehydes is 1. The Kier molecular flexibility index (Phi) is 4.10. The van der Waals surface area contributed by atoms with Crippen LogP contribution in [0.15, 0.2) is 46.9 Å². The van der Waals surface area contributed by atoms with Crippen LogP contribution in [0.25, 0.3) is 0 Å². The standard InChI is InChI=1S/C14H10BrFO2/c15-14-7-12(16)4-3-11(14)9-18-13-5-1-10(8-17)2-6-13/h1-8H,9H2. The lowest BCUT2D eigenvalue weighted by Gasteiger charge is -2.08. The Morgan fingerprint density at radius 3 is 2.50 bits per heavy atom. The molecule has 0 saturated heterocycles. The van der Waals surface area contributed by atoms with Crippen molar-refractivity contribution in [1.29, 1.82) is 0 Å². The monoisotopic (exact) mass is 308 g/mol. The molecule has 0 N–H and O–H groups in total. The van der Waals surface area contributed by atoms with Crippen molar-refractivity contribution >= 4 is 22.2 Å². The number of ether oxygens (including phenoxy) is 1. The van der Waals surface area contributed by atoms with Gasteiger partial charge in [0.15, 0.2) is 0 Å². The first-order valence-corrected chi connectivity index (χ1v) is 6.10. The summed E-state index contributed by atoms with van der Waals surface area (Å²) in [6.45, 7) is 0.335. The van der Waals surface area contributed by atoms with Crippen molar-refractivity contribution in [2.75, 3.05) is 0 Å². The molecule has 0 aliphatic rings. The predicted molar refractivity (Wildman–Crippen MR) is 70.3 cm³/mol. The molecule has 4 heteroatoms. The van der Waals surface area contributed by atoms with Crippen molar-refractivity contribution in [1.82, 2.24) is 0 Å². The second kappa shape index (κ2) is 5.78. The second-order valence-electron chi connectivity index (χ2n) is 3.71. The Bertz CT molecular complexity index is 552. The zero-order valence-electron chi connectivity index (χ0n) is 9.40. The molecule has 0 aromatic heterocycles. The molecule has 0 unspecified atom stereocenters. The highest BCUT2D eigenvalue weighted by Gasteiger charge is 2.02. The van der Waals surface area contributed by atoms with Crippen molar-refractivity contribution in [2.45, 2.75) is 6.61 Å². The summed E-state index contributed by atoms with van der Waals surface area (Å²) in [6.07, 6.45) is 0.778. The number of carbonyl (C=O) groups is 1. The molecule has 92 valence electrons. The molecule has 0 aliphatic carbocycles. The van der Waals surface area contributed by atoms with E-state index < -0.39 is 0 Å². The van der Waals surface area contributed by atoms with Crippen LogP contribution in [0.1, 0.15) is 15.9 Å². The van der Waals surface area contributed by atoms with E-state index in [-0.39, 0.29) is 5.82 Å². The van der Waals surface area contributed by atoms with Gasteiger partial charge in [-0.15, -0.1) is 0 Å². The molecule has 2 aromatic carbocycles. The van der Waals surface area contributed by atoms with Gasteiger partial charge < -0.3 is 4.74 Å². The van der Waals surface area contributed by atoms with Crippen LogP contribution >= 0.6 is 15.9 Å². The Balaban J connectivity index is 2.04. The number of halogens is 2. The summed E-state index contributed by atoms with van der Waals surface area (Å²) in [5.41, 5.74) is 1.46. The quantitative estimate of drug-likeness (QED) is 0.799. The summed E-state index contributed by atoms with van der Waals surface area (Å²) in [5.74, 6) is 0.373. The summed E-state index contributed by atoms with van der Waals surface area (Å²) >= 11 is 3.28. The molecule has 0 spiro atoms. The molecular formula is C14H10BrFO2. The third kappa shape index (κ3) is 3.17. The van der Waals surface area contributed by atoms with Gasteiger partial charge in [0.05, 0.1) is 0 Å². The molecule has 2 aromatic rings. The fourth-order valence-electron chi connectivity index (χ4n) is 1.44. The van der Waals surface area contributed by atoms with Gasteiger partial charge in [0.2, 0.25) is 0 Å². The summed E-state index contributed by atoms with van der Waals surface area (Å²) < 4.78 is 19.1. The minimum Gasteiger partial charge on any atom is -0.489 e. The largest absolute Gasteiger partial charge is 0.489 e. The molecule has 0 fully saturated rings. The molecule has 0 amide bonds. The van der Waals surface area contributed by atoms with Crippen molar-refractivity contribution in [3.8, 4) is 5.75 Å². The molecule has 0 bridgehead atoms. The smallest absolute Gasteiger partial charge is 0.150 e. The van der Waals surface area contributed by atoms with Gasteiger partial charge >= 0.3 is 0 Å². The highest BCUT2D eigenvalue weighted by Crippen LogP contribution is 2.20. The maximum atomic E-state index is 12.9. The average molecular weight is 309 g/mol. The van der Waals surface area contributed by atoms with Gasteiger partial charge in [-0.05, 0) is 36.4 Å². The van der Waals surface area contributed by atoms with Crippen molar-refractivity contribution in [3.63, 3.8) is 0 Å². The van der Waals surface area contributed by atoms with Gasteiger partial charge in [0, 0.05) is 15.6 Å². The number of hydrogen-bond acceptors (Lipinski definition) is 2. The Hall–Kier alpha value is -1.68. The fourth-order valence-corrected chi connectivity index (χ4v) is 1.91. The van der Waals surface area contributed by atoms with E-state index in [1.807, 2.05) is 0 Å². The van der Waals surface area contributed by atoms with Gasteiger partial charge in [0.1, 0.15) is 24.5 Å². The maximum absolute atomic E-state index is 12.9. The molecule has 18 heavy (non-hydrogen) atoms. The first kappa shape index (κ1) is 12.8. The molecule has 0 heterocycles. The molecule has 0 atom stereocenters. The van der Waals surface area contributed by atoms with E-state index >= 15 is 0 Å². The van der Waals surface area contributed by atoms with Crippen LogP contribution in [0.3, 0.4) is 0 Å². The van der Waals surface area contributed by atoms with Gasteiger partial charge in [-0.25, -0.2) is 4.39 Å². The van der Waals surface area contributed by atoms with E-state index in [9.17, 15) is 9.18 Å². The zero-order valence-corrected chi connectivity index (χ0v) is 11.0. The first-order chi connectivity index (χ1) is 8.69. The lowest BCUT2D eigenvalue weighted by atomic mass is 10.2. The highest BCUT2D eigenvalue weighted by atomic mass is 79.9. The minimum absolute atomic E-state index is 0.291. The van der Waals surface area contributed by atoms with E-state index in [0.29, 0.717) is 22.4 Å². The molecule has 2 nitrogen and oxygen atoms in total. The molecule has 0 radical (unpaired) electrons. The van der Waals surface area contributed by atoms with Gasteiger partial charge in [-0.3, -0.25) is 4.79 Å². The van der Waals surface area contributed by atoms with E-state index in [0.717, 1.165) is 11.8 Å². The molecule has 2 rings (SSSR count). The van der Waals surface area contributed by atoms with Crippen LogP contribution < -0.4 is 4.74 Å². The third-order valence-corrected chi connectivity index (χ3v) is 3.16. The molecule has 0 aliphatic heterocycles. The SMILES string of the molecule is O=Cc1ccc(OCc2ccc(F)cc2Br)cc1. The molecular weight excluding hydrogens is 299 g/mol. The van der Waals surface area contributed by atoms with Crippen molar-refractivity contribution in [2.24, 2.45) is 0 Å². The van der Waals surface area contributed by atoms with Crippen molar-refractivity contribution in [3.05, 3.63) is 63.9 Å². The van der Waals surface area contributed by atoms with Crippen LogP contribution in [0.5, 0.6) is 5.75 Å². The van der Waals surface area contributed by atoms with E-state index in [1.165, 1.54) is 12.1 Å². The van der Waals surface area contributed by atoms with Crippen LogP contribution in [0, 0.1) is 5.82 Å². The number of carbonyl (C=O) groups excluding carboxylic acids is 1. The van der Waals surface area contributed by atoms with Gasteiger partial charge in [-0.2, -0.15) is 0 Å². The summed E-state index contributed by atoms with van der Waals surface area (Å²) in [6, 6.07) is 11.3. The molecule has 0 saturated carbocycles. The Labute approximate surface area is 113 Å². The minimum atomic E-state index is -0.291. The summed E-state index contributed by atoms with van der Waals surface area (Å²) in [7, 11) is 0. The number of rotatable bonds is 4.